The van der Waals surface area contributed by atoms with E-state index in [0.717, 1.165) is 25.0 Å². The summed E-state index contributed by atoms with van der Waals surface area (Å²) in [5.41, 5.74) is -1.01. The fourth-order valence-electron chi connectivity index (χ4n) is 3.80. The molecule has 2 atom stereocenters. The summed E-state index contributed by atoms with van der Waals surface area (Å²) in [4.78, 5) is 12.9. The smallest absolute Gasteiger partial charge is 0.393 e. The lowest BCUT2D eigenvalue weighted by atomic mass is 9.93. The van der Waals surface area contributed by atoms with Crippen LogP contribution < -0.4 is 10.6 Å². The molecule has 1 aromatic heterocycles. The molecule has 0 unspecified atom stereocenters. The number of halogens is 4. The summed E-state index contributed by atoms with van der Waals surface area (Å²) in [6.07, 6.45) is -2.68. The minimum absolute atomic E-state index is 0.0170. The largest absolute Gasteiger partial charge is 0.419 e. The fraction of sp³-hybridized carbons (Fsp3) is 0.545. The van der Waals surface area contributed by atoms with Gasteiger partial charge in [-0.25, -0.2) is 4.39 Å². The van der Waals surface area contributed by atoms with Crippen molar-refractivity contribution in [3.05, 3.63) is 40.8 Å². The lowest BCUT2D eigenvalue weighted by Gasteiger charge is -2.26. The second-order valence-corrected chi connectivity index (χ2v) is 8.55. The maximum absolute atomic E-state index is 14.1. The number of nitrogens with one attached hydrogen (secondary N) is 2. The molecule has 176 valence electrons. The first-order valence-corrected chi connectivity index (χ1v) is 10.6. The molecule has 0 radical (unpaired) electrons. The molecular formula is C22H27F4N3O3. The molecule has 1 fully saturated rings. The van der Waals surface area contributed by atoms with Gasteiger partial charge in [0.1, 0.15) is 5.82 Å². The predicted molar refractivity (Wildman–Crippen MR) is 109 cm³/mol. The number of aromatic nitrogens is 1. The van der Waals surface area contributed by atoms with E-state index in [4.69, 9.17) is 4.52 Å². The summed E-state index contributed by atoms with van der Waals surface area (Å²) in [6.45, 7) is 4.76. The van der Waals surface area contributed by atoms with Crippen LogP contribution in [0, 0.1) is 11.7 Å². The first-order valence-electron chi connectivity index (χ1n) is 10.6. The van der Waals surface area contributed by atoms with Crippen LogP contribution in [0.1, 0.15) is 61.1 Å². The Morgan fingerprint density at radius 2 is 2.06 bits per heavy atom. The van der Waals surface area contributed by atoms with E-state index in [-0.39, 0.29) is 29.6 Å². The summed E-state index contributed by atoms with van der Waals surface area (Å²) >= 11 is 0. The lowest BCUT2D eigenvalue weighted by Crippen LogP contribution is -2.40. The van der Waals surface area contributed by atoms with Crippen LogP contribution in [0.25, 0.3) is 11.3 Å². The Hall–Kier alpha value is -2.46. The lowest BCUT2D eigenvalue weighted by molar-refractivity contribution is -0.139. The minimum Gasteiger partial charge on any atom is -0.393 e. The third-order valence-corrected chi connectivity index (χ3v) is 5.38. The molecule has 0 spiro atoms. The standard InChI is InChI=1S/C22H27F4N3O3/c1-12(2)10-27-11-16-19(21(31)28-14-4-3-5-15(30)9-14)29-32-20(16)13-6-7-17(18(23)8-13)22(24,25)26/h6-8,12,14-15,27,30H,3-5,9-11H2,1-2H3,(H,28,31)/t14-,15+/m1/s1. The van der Waals surface area contributed by atoms with E-state index in [1.165, 1.54) is 0 Å². The average molecular weight is 457 g/mol. The molecule has 3 rings (SSSR count). The highest BCUT2D eigenvalue weighted by Crippen LogP contribution is 2.35. The highest BCUT2D eigenvalue weighted by atomic mass is 19.4. The van der Waals surface area contributed by atoms with Crippen molar-refractivity contribution in [2.45, 2.75) is 64.4 Å². The number of hydrogen-bond donors (Lipinski definition) is 3. The highest BCUT2D eigenvalue weighted by molar-refractivity contribution is 5.95. The predicted octanol–water partition coefficient (Wildman–Crippen LogP) is 4.28. The maximum atomic E-state index is 14.1. The van der Waals surface area contributed by atoms with Gasteiger partial charge in [0.05, 0.1) is 11.7 Å². The molecule has 32 heavy (non-hydrogen) atoms. The Bertz CT molecular complexity index is 943. The van der Waals surface area contributed by atoms with Crippen molar-refractivity contribution in [1.29, 1.82) is 0 Å². The third-order valence-electron chi connectivity index (χ3n) is 5.38. The number of aliphatic hydroxyl groups excluding tert-OH is 1. The molecule has 0 saturated heterocycles. The zero-order valence-electron chi connectivity index (χ0n) is 17.9. The zero-order valence-corrected chi connectivity index (χ0v) is 17.9. The van der Waals surface area contributed by atoms with Crippen LogP contribution in [-0.4, -0.2) is 34.9 Å². The van der Waals surface area contributed by atoms with Crippen LogP contribution in [0.4, 0.5) is 17.6 Å². The van der Waals surface area contributed by atoms with Gasteiger partial charge in [-0.2, -0.15) is 13.2 Å². The van der Waals surface area contributed by atoms with Gasteiger partial charge >= 0.3 is 6.18 Å². The summed E-state index contributed by atoms with van der Waals surface area (Å²) in [5, 5.41) is 19.7. The molecule has 1 aromatic carbocycles. The van der Waals surface area contributed by atoms with E-state index in [1.807, 2.05) is 13.8 Å². The van der Waals surface area contributed by atoms with E-state index in [9.17, 15) is 27.5 Å². The average Bonchev–Trinajstić information content (AvgIpc) is 3.10. The number of hydrogen-bond acceptors (Lipinski definition) is 5. The molecule has 1 aliphatic carbocycles. The first kappa shape index (κ1) is 24.2. The number of rotatable bonds is 7. The second-order valence-electron chi connectivity index (χ2n) is 8.55. The molecule has 1 amide bonds. The van der Waals surface area contributed by atoms with Crippen LogP contribution >= 0.6 is 0 Å². The quantitative estimate of drug-likeness (QED) is 0.541. The van der Waals surface area contributed by atoms with Crippen LogP contribution in [0.15, 0.2) is 22.7 Å². The highest BCUT2D eigenvalue weighted by Gasteiger charge is 2.34. The minimum atomic E-state index is -4.82. The Morgan fingerprint density at radius 1 is 1.31 bits per heavy atom. The van der Waals surface area contributed by atoms with Gasteiger partial charge in [0.25, 0.3) is 5.91 Å². The van der Waals surface area contributed by atoms with E-state index in [0.29, 0.717) is 36.9 Å². The number of amides is 1. The van der Waals surface area contributed by atoms with Crippen LogP contribution in [0.5, 0.6) is 0 Å². The van der Waals surface area contributed by atoms with Crippen molar-refractivity contribution in [2.24, 2.45) is 5.92 Å². The topological polar surface area (TPSA) is 87.4 Å². The summed E-state index contributed by atoms with van der Waals surface area (Å²) in [6, 6.07) is 2.25. The normalized spacial score (nSPS) is 19.4. The van der Waals surface area contributed by atoms with Gasteiger partial charge in [-0.3, -0.25) is 4.79 Å². The van der Waals surface area contributed by atoms with Gasteiger partial charge < -0.3 is 20.3 Å². The Kier molecular flexibility index (Phi) is 7.55. The molecule has 0 bridgehead atoms. The van der Waals surface area contributed by atoms with Crippen molar-refractivity contribution in [1.82, 2.24) is 15.8 Å². The maximum Gasteiger partial charge on any atom is 0.419 e. The number of alkyl halides is 3. The third kappa shape index (κ3) is 5.86. The van der Waals surface area contributed by atoms with Gasteiger partial charge in [0.2, 0.25) is 0 Å². The number of nitrogens with zero attached hydrogens (tertiary/aromatic N) is 1. The summed E-state index contributed by atoms with van der Waals surface area (Å²) < 4.78 is 58.2. The molecule has 6 nitrogen and oxygen atoms in total. The van der Waals surface area contributed by atoms with Gasteiger partial charge in [-0.05, 0) is 50.3 Å². The molecule has 1 heterocycles. The van der Waals surface area contributed by atoms with Gasteiger partial charge in [-0.1, -0.05) is 25.1 Å². The molecule has 0 aliphatic heterocycles. The molecule has 1 saturated carbocycles. The molecule has 2 aromatic rings. The van der Waals surface area contributed by atoms with E-state index in [1.54, 1.807) is 0 Å². The van der Waals surface area contributed by atoms with Crippen LogP contribution in [0.2, 0.25) is 0 Å². The summed E-state index contributed by atoms with van der Waals surface area (Å²) in [7, 11) is 0. The summed E-state index contributed by atoms with van der Waals surface area (Å²) in [5.74, 6) is -1.60. The number of benzene rings is 1. The van der Waals surface area contributed by atoms with Gasteiger partial charge in [0.15, 0.2) is 11.5 Å². The van der Waals surface area contributed by atoms with Crippen molar-refractivity contribution >= 4 is 5.91 Å². The van der Waals surface area contributed by atoms with Crippen LogP contribution in [0.3, 0.4) is 0 Å². The van der Waals surface area contributed by atoms with E-state index >= 15 is 0 Å². The molecule has 3 N–H and O–H groups in total. The van der Waals surface area contributed by atoms with Gasteiger partial charge in [-0.15, -0.1) is 0 Å². The molecular weight excluding hydrogens is 430 g/mol. The fourth-order valence-corrected chi connectivity index (χ4v) is 3.80. The number of carbonyl (C=O) groups excluding carboxylic acids is 1. The van der Waals surface area contributed by atoms with Crippen molar-refractivity contribution in [2.75, 3.05) is 6.54 Å². The first-order chi connectivity index (χ1) is 15.1. The second kappa shape index (κ2) is 9.99. The van der Waals surface area contributed by atoms with Crippen molar-refractivity contribution < 1.29 is 32.0 Å². The molecule has 10 heteroatoms. The molecule has 1 aliphatic rings. The van der Waals surface area contributed by atoms with E-state index < -0.39 is 29.6 Å². The van der Waals surface area contributed by atoms with E-state index in [2.05, 4.69) is 15.8 Å². The Balaban J connectivity index is 1.90. The Labute approximate surface area is 183 Å². The Morgan fingerprint density at radius 3 is 2.69 bits per heavy atom. The monoisotopic (exact) mass is 457 g/mol. The van der Waals surface area contributed by atoms with Crippen molar-refractivity contribution in [3.8, 4) is 11.3 Å². The van der Waals surface area contributed by atoms with Crippen LogP contribution in [-0.2, 0) is 12.7 Å². The SMILES string of the molecule is CC(C)CNCc1c(C(=O)N[C@@H]2CCC[C@H](O)C2)noc1-c1ccc(C(F)(F)F)c(F)c1. The van der Waals surface area contributed by atoms with Crippen molar-refractivity contribution in [3.63, 3.8) is 0 Å². The number of aliphatic hydroxyl groups is 1. The van der Waals surface area contributed by atoms with Gasteiger partial charge in [0, 0.05) is 23.7 Å². The number of carbonyl (C=O) groups is 1. The zero-order chi connectivity index (χ0) is 23.5.